The molecule has 0 atom stereocenters. The summed E-state index contributed by atoms with van der Waals surface area (Å²) in [5.74, 6) is 0. The minimum atomic E-state index is 1.00. The number of hydrogen-bond acceptors (Lipinski definition) is 2. The van der Waals surface area contributed by atoms with E-state index in [0.29, 0.717) is 0 Å². The van der Waals surface area contributed by atoms with Gasteiger partial charge in [-0.05, 0) is 0 Å². The van der Waals surface area contributed by atoms with Crippen LogP contribution in [0.25, 0.3) is 0 Å². The van der Waals surface area contributed by atoms with Gasteiger partial charge in [-0.3, -0.25) is 0 Å². The van der Waals surface area contributed by atoms with Crippen molar-refractivity contribution in [3.63, 3.8) is 0 Å². The van der Waals surface area contributed by atoms with Crippen LogP contribution >= 0.6 is 23.7 Å². The van der Waals surface area contributed by atoms with Gasteiger partial charge < -0.3 is 5.11 Å². The summed E-state index contributed by atoms with van der Waals surface area (Å²) >= 11 is 8.53. The van der Waals surface area contributed by atoms with E-state index in [0.717, 1.165) is 7.11 Å². The fourth-order valence-electron chi connectivity index (χ4n) is 0. The molecule has 0 aromatic carbocycles. The zero-order valence-electron chi connectivity index (χ0n) is 2.61. The second-order valence-corrected chi connectivity index (χ2v) is 0.525. The highest BCUT2D eigenvalue weighted by atomic mass is 35.6. The maximum atomic E-state index is 7.00. The summed E-state index contributed by atoms with van der Waals surface area (Å²) in [4.78, 5) is 0. The molecule has 4 heteroatoms. The van der Waals surface area contributed by atoms with E-state index < -0.39 is 0 Å². The molecular formula is CH4Cl2O2. The average Bonchev–Trinajstić information content (AvgIpc) is 1.46. The molecular weight excluding hydrogens is 115 g/mol. The molecule has 0 saturated carbocycles. The lowest BCUT2D eigenvalue weighted by Gasteiger charge is -1.46. The van der Waals surface area contributed by atoms with Crippen LogP contribution in [0.5, 0.6) is 0 Å². The van der Waals surface area contributed by atoms with Gasteiger partial charge in [0.05, 0.1) is 23.7 Å². The highest BCUT2D eigenvalue weighted by Gasteiger charge is 1.38. The Morgan fingerprint density at radius 1 is 1.40 bits per heavy atom. The summed E-state index contributed by atoms with van der Waals surface area (Å²) in [5, 5.41) is 7.00. The zero-order valence-corrected chi connectivity index (χ0v) is 4.12. The molecule has 34 valence electrons. The molecule has 0 fully saturated rings. The molecule has 0 saturated heterocycles. The van der Waals surface area contributed by atoms with E-state index >= 15 is 0 Å². The summed E-state index contributed by atoms with van der Waals surface area (Å²) in [6.45, 7) is 0. The quantitative estimate of drug-likeness (QED) is 0.513. The fraction of sp³-hybridized carbons (Fsp3) is 1.00. The Bertz CT molecular complexity index is 7.61. The van der Waals surface area contributed by atoms with E-state index in [9.17, 15) is 0 Å². The minimum absolute atomic E-state index is 1.00. The van der Waals surface area contributed by atoms with Crippen LogP contribution in [-0.2, 0) is 3.84 Å². The van der Waals surface area contributed by atoms with Gasteiger partial charge in [-0.1, -0.05) is 0 Å². The lowest BCUT2D eigenvalue weighted by molar-refractivity contribution is 0.399. The standard InChI is InChI=1S/CH4O.Cl2O/c1-2;1-3-2/h2H,1H3;. The van der Waals surface area contributed by atoms with Gasteiger partial charge in [0.25, 0.3) is 0 Å². The van der Waals surface area contributed by atoms with Crippen molar-refractivity contribution in [3.8, 4) is 0 Å². The van der Waals surface area contributed by atoms with Gasteiger partial charge in [0.15, 0.2) is 0 Å². The van der Waals surface area contributed by atoms with Crippen molar-refractivity contribution >= 4 is 23.7 Å². The first-order valence-corrected chi connectivity index (χ1v) is 1.37. The average molecular weight is 119 g/mol. The molecule has 2 nitrogen and oxygen atoms in total. The zero-order chi connectivity index (χ0) is 4.71. The van der Waals surface area contributed by atoms with Crippen LogP contribution in [0.3, 0.4) is 0 Å². The van der Waals surface area contributed by atoms with E-state index in [1.165, 1.54) is 0 Å². The Morgan fingerprint density at radius 3 is 1.40 bits per heavy atom. The van der Waals surface area contributed by atoms with Crippen molar-refractivity contribution in [2.24, 2.45) is 0 Å². The lowest BCUT2D eigenvalue weighted by Crippen LogP contribution is -1.25. The van der Waals surface area contributed by atoms with Gasteiger partial charge in [0, 0.05) is 7.11 Å². The third kappa shape index (κ3) is 113. The van der Waals surface area contributed by atoms with Gasteiger partial charge in [0.2, 0.25) is 0 Å². The summed E-state index contributed by atoms with van der Waals surface area (Å²) in [6.07, 6.45) is 0. The number of aliphatic hydroxyl groups excluding tert-OH is 1. The van der Waals surface area contributed by atoms with Crippen LogP contribution in [0.1, 0.15) is 0 Å². The Hall–Kier alpha value is 0.500. The van der Waals surface area contributed by atoms with Gasteiger partial charge in [-0.15, -0.1) is 0 Å². The van der Waals surface area contributed by atoms with Crippen molar-refractivity contribution in [2.45, 2.75) is 0 Å². The molecule has 0 spiro atoms. The van der Waals surface area contributed by atoms with Gasteiger partial charge in [-0.2, -0.15) is 3.84 Å². The van der Waals surface area contributed by atoms with Gasteiger partial charge in [0.1, 0.15) is 0 Å². The Kier molecular flexibility index (Phi) is 44.5. The van der Waals surface area contributed by atoms with E-state index in [1.807, 2.05) is 0 Å². The molecule has 0 heterocycles. The molecule has 0 aliphatic carbocycles. The van der Waals surface area contributed by atoms with Crippen molar-refractivity contribution < 1.29 is 8.95 Å². The van der Waals surface area contributed by atoms with E-state index in [1.54, 1.807) is 0 Å². The molecule has 0 aromatic rings. The lowest BCUT2D eigenvalue weighted by atomic mass is 11.8. The predicted octanol–water partition coefficient (Wildman–Crippen LogP) is 0.919. The highest BCUT2D eigenvalue weighted by Crippen LogP contribution is 1.78. The van der Waals surface area contributed by atoms with Gasteiger partial charge >= 0.3 is 0 Å². The van der Waals surface area contributed by atoms with Crippen LogP contribution in [0.2, 0.25) is 0 Å². The van der Waals surface area contributed by atoms with Crippen molar-refractivity contribution in [2.75, 3.05) is 7.11 Å². The molecule has 0 rings (SSSR count). The third-order valence-electron chi connectivity index (χ3n) is 0. The maximum absolute atomic E-state index is 7.00. The normalized spacial score (nSPS) is 4.80. The summed E-state index contributed by atoms with van der Waals surface area (Å²) in [5.41, 5.74) is 0. The molecule has 0 unspecified atom stereocenters. The topological polar surface area (TPSA) is 29.5 Å². The minimum Gasteiger partial charge on any atom is -0.400 e. The number of rotatable bonds is 0. The van der Waals surface area contributed by atoms with E-state index in [-0.39, 0.29) is 0 Å². The molecule has 0 amide bonds. The van der Waals surface area contributed by atoms with Crippen molar-refractivity contribution in [3.05, 3.63) is 0 Å². The van der Waals surface area contributed by atoms with Crippen LogP contribution in [0, 0.1) is 0 Å². The van der Waals surface area contributed by atoms with E-state index in [4.69, 9.17) is 5.11 Å². The molecule has 0 aliphatic heterocycles. The van der Waals surface area contributed by atoms with Gasteiger partial charge in [-0.25, -0.2) is 0 Å². The SMILES string of the molecule is CO.ClOCl. The molecule has 0 aromatic heterocycles. The summed E-state index contributed by atoms with van der Waals surface area (Å²) < 4.78 is 3.19. The second-order valence-electron chi connectivity index (χ2n) is 0.0583. The van der Waals surface area contributed by atoms with E-state index in [2.05, 4.69) is 27.6 Å². The number of aliphatic hydroxyl groups is 1. The maximum Gasteiger partial charge on any atom is 0.0832 e. The first-order chi connectivity index (χ1) is 2.41. The molecule has 0 radical (unpaired) electrons. The smallest absolute Gasteiger partial charge is 0.0832 e. The van der Waals surface area contributed by atoms with Crippen LogP contribution < -0.4 is 0 Å². The Morgan fingerprint density at radius 2 is 1.40 bits per heavy atom. The Labute approximate surface area is 40.6 Å². The first-order valence-electron chi connectivity index (χ1n) is 0.756. The molecule has 0 bridgehead atoms. The first kappa shape index (κ1) is 9.09. The molecule has 0 aliphatic rings. The molecule has 5 heavy (non-hydrogen) atoms. The fourth-order valence-corrected chi connectivity index (χ4v) is 0. The summed E-state index contributed by atoms with van der Waals surface area (Å²) in [7, 11) is 1.00. The number of halogens is 2. The molecule has 1 N–H and O–H groups in total. The monoisotopic (exact) mass is 118 g/mol. The summed E-state index contributed by atoms with van der Waals surface area (Å²) in [6, 6.07) is 0. The largest absolute Gasteiger partial charge is 0.400 e. The van der Waals surface area contributed by atoms with Crippen molar-refractivity contribution in [1.82, 2.24) is 0 Å². The number of hydrogen-bond donors (Lipinski definition) is 1. The Balaban J connectivity index is 0. The van der Waals surface area contributed by atoms with Crippen molar-refractivity contribution in [1.29, 1.82) is 0 Å². The third-order valence-corrected chi connectivity index (χ3v) is 0. The van der Waals surface area contributed by atoms with Crippen LogP contribution in [-0.4, -0.2) is 12.2 Å². The predicted molar refractivity (Wildman–Crippen MR) is 20.9 cm³/mol. The van der Waals surface area contributed by atoms with Crippen LogP contribution in [0.15, 0.2) is 0 Å². The highest BCUT2D eigenvalue weighted by molar-refractivity contribution is 6.24. The second kappa shape index (κ2) is 24.5. The van der Waals surface area contributed by atoms with Crippen LogP contribution in [0.4, 0.5) is 0 Å².